The molecule has 5 nitrogen and oxygen atoms in total. The Balaban J connectivity index is 1.60. The van der Waals surface area contributed by atoms with Crippen LogP contribution in [0.25, 0.3) is 0 Å². The van der Waals surface area contributed by atoms with Gasteiger partial charge in [0.05, 0.1) is 0 Å². The van der Waals surface area contributed by atoms with Crippen molar-refractivity contribution in [2.24, 2.45) is 0 Å². The molecule has 0 saturated heterocycles. The predicted octanol–water partition coefficient (Wildman–Crippen LogP) is 4.65. The Labute approximate surface area is 160 Å². The molecule has 3 rings (SSSR count). The Morgan fingerprint density at radius 2 is 2.04 bits per heavy atom. The van der Waals surface area contributed by atoms with E-state index in [2.05, 4.69) is 22.1 Å². The van der Waals surface area contributed by atoms with Gasteiger partial charge in [0, 0.05) is 11.3 Å². The van der Waals surface area contributed by atoms with E-state index in [1.54, 1.807) is 24.3 Å². The molecule has 2 aromatic carbocycles. The Hall–Kier alpha value is -2.64. The number of thioether (sulfide) groups is 1. The summed E-state index contributed by atoms with van der Waals surface area (Å²) >= 11 is 2.86. The summed E-state index contributed by atoms with van der Waals surface area (Å²) in [6, 6.07) is 16.9. The number of carbonyl (C=O) groups is 1. The molecule has 0 aliphatic carbocycles. The Kier molecular flexibility index (Phi) is 6.40. The number of nitrogens with one attached hydrogen (secondary N) is 1. The van der Waals surface area contributed by atoms with Gasteiger partial charge in [0.15, 0.2) is 4.34 Å². The fraction of sp³-hybridized carbons (Fsp3) is 0.105. The molecule has 26 heavy (non-hydrogen) atoms. The average molecular weight is 383 g/mol. The molecule has 1 aromatic heterocycles. The number of anilines is 1. The van der Waals surface area contributed by atoms with E-state index in [0.717, 1.165) is 15.7 Å². The lowest BCUT2D eigenvalue weighted by Crippen LogP contribution is -2.11. The summed E-state index contributed by atoms with van der Waals surface area (Å²) in [4.78, 5) is 12.4. The lowest BCUT2D eigenvalue weighted by molar-refractivity contribution is 0.102. The van der Waals surface area contributed by atoms with Crippen LogP contribution < -0.4 is 10.1 Å². The highest BCUT2D eigenvalue weighted by molar-refractivity contribution is 8.01. The first-order chi connectivity index (χ1) is 12.7. The number of carbonyl (C=O) groups excluding carboxylic acids is 1. The maximum Gasteiger partial charge on any atom is 0.257 e. The molecule has 3 aromatic rings. The Bertz CT molecular complexity index is 881. The van der Waals surface area contributed by atoms with Crippen LogP contribution >= 0.6 is 23.1 Å². The molecular weight excluding hydrogens is 366 g/mol. The third kappa shape index (κ3) is 5.18. The van der Waals surface area contributed by atoms with Gasteiger partial charge in [-0.05, 0) is 23.8 Å². The molecule has 132 valence electrons. The van der Waals surface area contributed by atoms with Gasteiger partial charge in [-0.3, -0.25) is 10.1 Å². The molecule has 0 bridgehead atoms. The topological polar surface area (TPSA) is 64.1 Å². The van der Waals surface area contributed by atoms with E-state index < -0.39 is 0 Å². The molecule has 0 saturated carbocycles. The van der Waals surface area contributed by atoms with E-state index in [4.69, 9.17) is 4.74 Å². The van der Waals surface area contributed by atoms with Crippen molar-refractivity contribution in [1.29, 1.82) is 0 Å². The highest BCUT2D eigenvalue weighted by Crippen LogP contribution is 2.26. The number of hydrogen-bond acceptors (Lipinski definition) is 6. The van der Waals surface area contributed by atoms with Crippen molar-refractivity contribution in [3.05, 3.63) is 78.4 Å². The number of ether oxygens (including phenoxy) is 1. The smallest absolute Gasteiger partial charge is 0.257 e. The number of rotatable bonds is 8. The summed E-state index contributed by atoms with van der Waals surface area (Å²) in [5.41, 5.74) is 1.58. The fourth-order valence-corrected chi connectivity index (χ4v) is 3.59. The van der Waals surface area contributed by atoms with Crippen LogP contribution in [0.3, 0.4) is 0 Å². The van der Waals surface area contributed by atoms with Gasteiger partial charge in [-0.1, -0.05) is 65.6 Å². The first-order valence-corrected chi connectivity index (χ1v) is 9.70. The Morgan fingerprint density at radius 1 is 1.19 bits per heavy atom. The van der Waals surface area contributed by atoms with Gasteiger partial charge in [0.2, 0.25) is 5.13 Å². The van der Waals surface area contributed by atoms with Crippen molar-refractivity contribution in [3.63, 3.8) is 0 Å². The first-order valence-electron chi connectivity index (χ1n) is 7.90. The summed E-state index contributed by atoms with van der Waals surface area (Å²) < 4.78 is 6.56. The molecule has 0 aliphatic rings. The highest BCUT2D eigenvalue weighted by atomic mass is 32.2. The number of hydrogen-bond donors (Lipinski definition) is 1. The molecule has 1 heterocycles. The quantitative estimate of drug-likeness (QED) is 0.348. The predicted molar refractivity (Wildman–Crippen MR) is 106 cm³/mol. The highest BCUT2D eigenvalue weighted by Gasteiger charge is 2.11. The molecule has 0 aliphatic heterocycles. The van der Waals surface area contributed by atoms with Gasteiger partial charge >= 0.3 is 0 Å². The molecule has 0 radical (unpaired) electrons. The van der Waals surface area contributed by atoms with Crippen molar-refractivity contribution in [1.82, 2.24) is 10.2 Å². The second kappa shape index (κ2) is 9.17. The first kappa shape index (κ1) is 18.2. The van der Waals surface area contributed by atoms with E-state index >= 15 is 0 Å². The van der Waals surface area contributed by atoms with Crippen LogP contribution in [0.4, 0.5) is 5.13 Å². The van der Waals surface area contributed by atoms with Crippen molar-refractivity contribution in [3.8, 4) is 5.75 Å². The molecule has 0 fully saturated rings. The van der Waals surface area contributed by atoms with Gasteiger partial charge in [0.25, 0.3) is 5.91 Å². The lowest BCUT2D eigenvalue weighted by Gasteiger charge is -2.08. The second-order valence-electron chi connectivity index (χ2n) is 5.23. The van der Waals surface area contributed by atoms with Gasteiger partial charge < -0.3 is 4.74 Å². The minimum Gasteiger partial charge on any atom is -0.489 e. The zero-order valence-corrected chi connectivity index (χ0v) is 15.6. The summed E-state index contributed by atoms with van der Waals surface area (Å²) in [7, 11) is 0. The molecule has 0 spiro atoms. The van der Waals surface area contributed by atoms with Crippen LogP contribution in [0.2, 0.25) is 0 Å². The van der Waals surface area contributed by atoms with Crippen molar-refractivity contribution >= 4 is 34.1 Å². The Morgan fingerprint density at radius 3 is 2.85 bits per heavy atom. The van der Waals surface area contributed by atoms with E-state index in [-0.39, 0.29) is 5.91 Å². The minimum atomic E-state index is -0.244. The van der Waals surface area contributed by atoms with Gasteiger partial charge in [0.1, 0.15) is 12.4 Å². The number of nitrogens with zero attached hydrogens (tertiary/aromatic N) is 2. The van der Waals surface area contributed by atoms with E-state index in [1.165, 1.54) is 23.1 Å². The maximum absolute atomic E-state index is 12.4. The maximum atomic E-state index is 12.4. The number of benzene rings is 2. The summed E-state index contributed by atoms with van der Waals surface area (Å²) in [5.74, 6) is 1.15. The van der Waals surface area contributed by atoms with Crippen LogP contribution in [0.15, 0.2) is 71.6 Å². The van der Waals surface area contributed by atoms with Crippen molar-refractivity contribution in [2.75, 3.05) is 11.1 Å². The van der Waals surface area contributed by atoms with E-state index in [9.17, 15) is 4.79 Å². The molecular formula is C19H17N3O2S2. The standard InChI is InChI=1S/C19H17N3O2S2/c1-2-11-25-19-22-21-18(26-19)20-17(23)15-9-6-10-16(12-15)24-13-14-7-4-3-5-8-14/h2-10,12H,1,11,13H2,(H,20,21,23). The summed E-state index contributed by atoms with van der Waals surface area (Å²) in [6.07, 6.45) is 1.80. The largest absolute Gasteiger partial charge is 0.489 e. The van der Waals surface area contributed by atoms with Crippen LogP contribution in [0, 0.1) is 0 Å². The van der Waals surface area contributed by atoms with E-state index in [0.29, 0.717) is 23.1 Å². The monoisotopic (exact) mass is 383 g/mol. The van der Waals surface area contributed by atoms with Crippen molar-refractivity contribution < 1.29 is 9.53 Å². The van der Waals surface area contributed by atoms with Gasteiger partial charge in [-0.25, -0.2) is 0 Å². The third-order valence-corrected chi connectivity index (χ3v) is 5.26. The summed E-state index contributed by atoms with van der Waals surface area (Å²) in [6.45, 7) is 4.12. The minimum absolute atomic E-state index is 0.244. The number of aromatic nitrogens is 2. The average Bonchev–Trinajstić information content (AvgIpc) is 3.13. The molecule has 1 amide bonds. The van der Waals surface area contributed by atoms with Crippen LogP contribution in [0.1, 0.15) is 15.9 Å². The zero-order chi connectivity index (χ0) is 18.2. The molecule has 0 atom stereocenters. The zero-order valence-electron chi connectivity index (χ0n) is 13.9. The van der Waals surface area contributed by atoms with Gasteiger partial charge in [-0.2, -0.15) is 0 Å². The van der Waals surface area contributed by atoms with Gasteiger partial charge in [-0.15, -0.1) is 16.8 Å². The third-order valence-electron chi connectivity index (χ3n) is 3.30. The molecule has 0 unspecified atom stereocenters. The van der Waals surface area contributed by atoms with Crippen LogP contribution in [0.5, 0.6) is 5.75 Å². The normalized spacial score (nSPS) is 10.3. The number of amides is 1. The summed E-state index contributed by atoms with van der Waals surface area (Å²) in [5, 5.41) is 11.2. The fourth-order valence-electron chi connectivity index (χ4n) is 2.09. The van der Waals surface area contributed by atoms with Crippen LogP contribution in [-0.4, -0.2) is 21.9 Å². The SMILES string of the molecule is C=CCSc1nnc(NC(=O)c2cccc(OCc3ccccc3)c2)s1. The van der Waals surface area contributed by atoms with Crippen molar-refractivity contribution in [2.45, 2.75) is 10.9 Å². The molecule has 1 N–H and O–H groups in total. The second-order valence-corrected chi connectivity index (χ2v) is 7.47. The lowest BCUT2D eigenvalue weighted by atomic mass is 10.2. The van der Waals surface area contributed by atoms with E-state index in [1.807, 2.05) is 36.4 Å². The van der Waals surface area contributed by atoms with Crippen LogP contribution in [-0.2, 0) is 6.61 Å². The molecule has 7 heteroatoms.